The van der Waals surface area contributed by atoms with Crippen molar-refractivity contribution in [3.63, 3.8) is 0 Å². The molecule has 5 aromatic rings. The summed E-state index contributed by atoms with van der Waals surface area (Å²) >= 11 is 6.25. The van der Waals surface area contributed by atoms with E-state index in [-0.39, 0.29) is 24.1 Å². The molecular formula is C28H23ClN4O4. The molecule has 0 N–H and O–H groups in total. The van der Waals surface area contributed by atoms with Gasteiger partial charge in [0.05, 0.1) is 18.2 Å². The van der Waals surface area contributed by atoms with Crippen LogP contribution in [0.1, 0.15) is 18.7 Å². The average molecular weight is 515 g/mol. The van der Waals surface area contributed by atoms with E-state index in [4.69, 9.17) is 20.8 Å². The van der Waals surface area contributed by atoms with Crippen LogP contribution in [0.2, 0.25) is 5.02 Å². The number of benzene rings is 3. The first-order valence-electron chi connectivity index (χ1n) is 12.0. The molecule has 0 unspecified atom stereocenters. The topological polar surface area (TPSA) is 90.5 Å². The monoisotopic (exact) mass is 514 g/mol. The summed E-state index contributed by atoms with van der Waals surface area (Å²) in [4.78, 5) is 33.3. The Labute approximate surface area is 217 Å². The number of halogens is 1. The third-order valence-electron chi connectivity index (χ3n) is 6.49. The van der Waals surface area contributed by atoms with Gasteiger partial charge in [-0.1, -0.05) is 23.7 Å². The molecule has 1 fully saturated rings. The molecule has 9 heteroatoms. The molecule has 0 aliphatic heterocycles. The van der Waals surface area contributed by atoms with Gasteiger partial charge in [-0.05, 0) is 55.3 Å². The fourth-order valence-electron chi connectivity index (χ4n) is 4.62. The summed E-state index contributed by atoms with van der Waals surface area (Å²) in [5.74, 6) is 0.875. The minimum atomic E-state index is -0.370. The largest absolute Gasteiger partial charge is 0.497 e. The predicted octanol–water partition coefficient (Wildman–Crippen LogP) is 5.37. The second-order valence-electron chi connectivity index (χ2n) is 9.11. The van der Waals surface area contributed by atoms with Gasteiger partial charge in [-0.2, -0.15) is 5.10 Å². The predicted molar refractivity (Wildman–Crippen MR) is 142 cm³/mol. The highest BCUT2D eigenvalue weighted by atomic mass is 35.5. The summed E-state index contributed by atoms with van der Waals surface area (Å²) in [5.41, 5.74) is 2.99. The van der Waals surface area contributed by atoms with Gasteiger partial charge in [0, 0.05) is 40.7 Å². The Balaban J connectivity index is 1.44. The average Bonchev–Trinajstić information content (AvgIpc) is 3.65. The summed E-state index contributed by atoms with van der Waals surface area (Å²) < 4.78 is 12.3. The SMILES string of the molecule is COc1ccc2c(-c3cccc(Cl)c3)nn(CC(=O)N(c3ccc4nc(C)oc4c3)C3CC3)c(=O)c2c1. The molecule has 37 heavy (non-hydrogen) atoms. The number of anilines is 1. The molecule has 0 bridgehead atoms. The normalized spacial score (nSPS) is 13.3. The van der Waals surface area contributed by atoms with Crippen LogP contribution >= 0.6 is 11.6 Å². The summed E-state index contributed by atoms with van der Waals surface area (Å²) in [7, 11) is 1.54. The molecule has 2 aromatic heterocycles. The lowest BCUT2D eigenvalue weighted by Crippen LogP contribution is -2.39. The van der Waals surface area contributed by atoms with Gasteiger partial charge in [0.15, 0.2) is 11.5 Å². The van der Waals surface area contributed by atoms with Crippen LogP contribution in [0.15, 0.2) is 69.9 Å². The number of aryl methyl sites for hydroxylation is 1. The Morgan fingerprint density at radius 2 is 1.97 bits per heavy atom. The summed E-state index contributed by atoms with van der Waals surface area (Å²) in [6.45, 7) is 1.57. The maximum absolute atomic E-state index is 13.7. The van der Waals surface area contributed by atoms with Gasteiger partial charge in [-0.3, -0.25) is 9.59 Å². The fourth-order valence-corrected chi connectivity index (χ4v) is 4.81. The molecule has 1 aliphatic rings. The van der Waals surface area contributed by atoms with E-state index in [0.29, 0.717) is 44.4 Å². The Bertz CT molecular complexity index is 1740. The summed E-state index contributed by atoms with van der Waals surface area (Å²) in [5, 5.41) is 6.26. The molecule has 186 valence electrons. The number of hydrogen-bond donors (Lipinski definition) is 0. The zero-order valence-corrected chi connectivity index (χ0v) is 21.0. The Kier molecular flexibility index (Phi) is 5.68. The van der Waals surface area contributed by atoms with Crippen LogP contribution in [-0.4, -0.2) is 33.8 Å². The number of carbonyl (C=O) groups is 1. The van der Waals surface area contributed by atoms with E-state index < -0.39 is 0 Å². The molecule has 0 atom stereocenters. The molecule has 0 saturated heterocycles. The van der Waals surface area contributed by atoms with Gasteiger partial charge in [-0.15, -0.1) is 0 Å². The summed E-state index contributed by atoms with van der Waals surface area (Å²) in [6.07, 6.45) is 1.79. The standard InChI is InChI=1S/C28H23ClN4O4/c1-16-30-24-11-8-20(13-25(24)37-16)33(19-6-7-19)26(34)15-32-28(35)23-14-21(36-2)9-10-22(23)27(31-32)17-4-3-5-18(29)12-17/h3-5,8-14,19H,6-7,15H2,1-2H3. The quantitative estimate of drug-likeness (QED) is 0.302. The lowest BCUT2D eigenvalue weighted by molar-refractivity contribution is -0.119. The van der Waals surface area contributed by atoms with Crippen molar-refractivity contribution in [1.82, 2.24) is 14.8 Å². The lowest BCUT2D eigenvalue weighted by Gasteiger charge is -2.23. The number of fused-ring (bicyclic) bond motifs is 2. The second-order valence-corrected chi connectivity index (χ2v) is 9.55. The zero-order valence-electron chi connectivity index (χ0n) is 20.3. The van der Waals surface area contributed by atoms with Gasteiger partial charge >= 0.3 is 0 Å². The molecule has 1 amide bonds. The van der Waals surface area contributed by atoms with Crippen molar-refractivity contribution < 1.29 is 13.9 Å². The minimum Gasteiger partial charge on any atom is -0.497 e. The smallest absolute Gasteiger partial charge is 0.275 e. The van der Waals surface area contributed by atoms with Crippen LogP contribution < -0.4 is 15.2 Å². The number of nitrogens with zero attached hydrogens (tertiary/aromatic N) is 4. The van der Waals surface area contributed by atoms with Gasteiger partial charge in [-0.25, -0.2) is 9.67 Å². The first kappa shape index (κ1) is 23.2. The molecular weight excluding hydrogens is 492 g/mol. The molecule has 0 radical (unpaired) electrons. The number of oxazole rings is 1. The van der Waals surface area contributed by atoms with Crippen molar-refractivity contribution in [1.29, 1.82) is 0 Å². The summed E-state index contributed by atoms with van der Waals surface area (Å²) in [6, 6.07) is 18.1. The van der Waals surface area contributed by atoms with Crippen molar-refractivity contribution >= 4 is 45.1 Å². The number of rotatable bonds is 6. The highest BCUT2D eigenvalue weighted by molar-refractivity contribution is 6.30. The molecule has 8 nitrogen and oxygen atoms in total. The van der Waals surface area contributed by atoms with Gasteiger partial charge in [0.1, 0.15) is 17.8 Å². The molecule has 3 aromatic carbocycles. The Morgan fingerprint density at radius 1 is 1.14 bits per heavy atom. The molecule has 0 spiro atoms. The molecule has 2 heterocycles. The number of hydrogen-bond acceptors (Lipinski definition) is 6. The van der Waals surface area contributed by atoms with Crippen LogP contribution in [0.5, 0.6) is 5.75 Å². The third kappa shape index (κ3) is 4.34. The number of aromatic nitrogens is 3. The van der Waals surface area contributed by atoms with Crippen LogP contribution in [0, 0.1) is 6.92 Å². The van der Waals surface area contributed by atoms with Crippen LogP contribution in [0.3, 0.4) is 0 Å². The van der Waals surface area contributed by atoms with Crippen LogP contribution in [0.25, 0.3) is 33.1 Å². The first-order valence-corrected chi connectivity index (χ1v) is 12.3. The van der Waals surface area contributed by atoms with E-state index in [1.165, 1.54) is 4.68 Å². The fraction of sp³-hybridized carbons (Fsp3) is 0.214. The first-order chi connectivity index (χ1) is 17.9. The zero-order chi connectivity index (χ0) is 25.7. The molecule has 1 saturated carbocycles. The van der Waals surface area contributed by atoms with Crippen molar-refractivity contribution in [2.75, 3.05) is 12.0 Å². The van der Waals surface area contributed by atoms with Crippen molar-refractivity contribution in [3.05, 3.63) is 81.9 Å². The van der Waals surface area contributed by atoms with E-state index in [2.05, 4.69) is 10.1 Å². The highest BCUT2D eigenvalue weighted by Crippen LogP contribution is 2.34. The van der Waals surface area contributed by atoms with E-state index in [1.54, 1.807) is 49.3 Å². The lowest BCUT2D eigenvalue weighted by atomic mass is 10.0. The van der Waals surface area contributed by atoms with Crippen molar-refractivity contribution in [3.8, 4) is 17.0 Å². The van der Waals surface area contributed by atoms with E-state index >= 15 is 0 Å². The molecule has 1 aliphatic carbocycles. The number of amides is 1. The van der Waals surface area contributed by atoms with E-state index in [1.807, 2.05) is 30.3 Å². The minimum absolute atomic E-state index is 0.0672. The molecule has 6 rings (SSSR count). The maximum atomic E-state index is 13.7. The maximum Gasteiger partial charge on any atom is 0.275 e. The third-order valence-corrected chi connectivity index (χ3v) is 6.72. The van der Waals surface area contributed by atoms with Gasteiger partial charge in [0.25, 0.3) is 5.56 Å². The van der Waals surface area contributed by atoms with Crippen molar-refractivity contribution in [2.45, 2.75) is 32.4 Å². The van der Waals surface area contributed by atoms with Gasteiger partial charge in [0.2, 0.25) is 5.91 Å². The number of ether oxygens (including phenoxy) is 1. The van der Waals surface area contributed by atoms with Crippen LogP contribution in [0.4, 0.5) is 5.69 Å². The highest BCUT2D eigenvalue weighted by Gasteiger charge is 2.34. The Morgan fingerprint density at radius 3 is 2.73 bits per heavy atom. The Hall–Kier alpha value is -4.17. The van der Waals surface area contributed by atoms with Crippen LogP contribution in [-0.2, 0) is 11.3 Å². The number of methoxy groups -OCH3 is 1. The van der Waals surface area contributed by atoms with E-state index in [9.17, 15) is 9.59 Å². The van der Waals surface area contributed by atoms with Gasteiger partial charge < -0.3 is 14.1 Å². The van der Waals surface area contributed by atoms with Crippen molar-refractivity contribution in [2.24, 2.45) is 0 Å². The second kappa shape index (κ2) is 9.05. The number of carbonyl (C=O) groups excluding carboxylic acids is 1. The van der Waals surface area contributed by atoms with E-state index in [0.717, 1.165) is 23.9 Å².